The summed E-state index contributed by atoms with van der Waals surface area (Å²) in [6.45, 7) is 0. The predicted octanol–water partition coefficient (Wildman–Crippen LogP) is 13.8. The normalized spacial score (nSPS) is 11.9. The maximum absolute atomic E-state index is 6.62. The van der Waals surface area contributed by atoms with Gasteiger partial charge in [-0.3, -0.25) is 0 Å². The maximum Gasteiger partial charge on any atom is 0.164 e. The highest BCUT2D eigenvalue weighted by Gasteiger charge is 2.20. The second kappa shape index (κ2) is 11.9. The molecule has 0 aliphatic heterocycles. The minimum atomic E-state index is 0.555. The van der Waals surface area contributed by atoms with Gasteiger partial charge in [0, 0.05) is 38.2 Å². The Kier molecular flexibility index (Phi) is 6.56. The number of rotatable bonds is 4. The molecule has 0 spiro atoms. The lowest BCUT2D eigenvalue weighted by molar-refractivity contribution is 0.668. The van der Waals surface area contributed by atoms with Gasteiger partial charge in [-0.25, -0.2) is 15.0 Å². The van der Waals surface area contributed by atoms with E-state index in [-0.39, 0.29) is 0 Å². The average Bonchev–Trinajstić information content (AvgIpc) is 3.84. The molecule has 3 heterocycles. The summed E-state index contributed by atoms with van der Waals surface area (Å²) >= 11 is 0. The topological polar surface area (TPSA) is 65.0 Å². The molecule has 0 unspecified atom stereocenters. The molecule has 0 radical (unpaired) electrons. The van der Waals surface area contributed by atoms with Crippen LogP contribution >= 0.6 is 0 Å². The van der Waals surface area contributed by atoms with Crippen molar-refractivity contribution < 1.29 is 8.83 Å². The Morgan fingerprint density at radius 3 is 1.45 bits per heavy atom. The first-order chi connectivity index (χ1) is 27.7. The molecular weight excluding hydrogens is 687 g/mol. The zero-order chi connectivity index (χ0) is 36.7. The van der Waals surface area contributed by atoms with Gasteiger partial charge in [-0.2, -0.15) is 0 Å². The van der Waals surface area contributed by atoms with Crippen molar-refractivity contribution in [1.29, 1.82) is 0 Å². The zero-order valence-electron chi connectivity index (χ0n) is 29.9. The standard InChI is InChI=1S/C51H29N3O2/c1-2-12-30(13-3-1)49-52-50(32-23-25-40-39-18-8-10-20-44(39)55-46(40)28-32)54-51(53-49)33-27-42(48-41-19-9-11-21-45(41)56-47(48)29-33)31-22-24-38-36-16-5-4-14-34(36)35-15-6-7-17-37(35)43(38)26-31/h1-29H. The number of aromatic nitrogens is 3. The third-order valence-electron chi connectivity index (χ3n) is 11.1. The summed E-state index contributed by atoms with van der Waals surface area (Å²) in [6.07, 6.45) is 0. The average molecular weight is 716 g/mol. The molecule has 0 atom stereocenters. The highest BCUT2D eigenvalue weighted by Crippen LogP contribution is 2.43. The minimum absolute atomic E-state index is 0.555. The highest BCUT2D eigenvalue weighted by molar-refractivity contribution is 6.26. The quantitative estimate of drug-likeness (QED) is 0.170. The molecule has 3 aromatic heterocycles. The van der Waals surface area contributed by atoms with E-state index >= 15 is 0 Å². The van der Waals surface area contributed by atoms with Crippen molar-refractivity contribution in [3.8, 4) is 45.3 Å². The van der Waals surface area contributed by atoms with E-state index in [1.54, 1.807) is 0 Å². The molecule has 0 saturated carbocycles. The van der Waals surface area contributed by atoms with Crippen molar-refractivity contribution in [2.24, 2.45) is 0 Å². The largest absolute Gasteiger partial charge is 0.456 e. The van der Waals surface area contributed by atoms with Crippen LogP contribution in [0, 0.1) is 0 Å². The number of nitrogens with zero attached hydrogens (tertiary/aromatic N) is 3. The van der Waals surface area contributed by atoms with Crippen molar-refractivity contribution in [1.82, 2.24) is 15.0 Å². The van der Waals surface area contributed by atoms with Crippen LogP contribution in [0.2, 0.25) is 0 Å². The minimum Gasteiger partial charge on any atom is -0.456 e. The molecule has 5 heteroatoms. The first kappa shape index (κ1) is 30.8. The molecule has 12 aromatic rings. The summed E-state index contributed by atoms with van der Waals surface area (Å²) in [5.74, 6) is 1.71. The van der Waals surface area contributed by atoms with Gasteiger partial charge >= 0.3 is 0 Å². The van der Waals surface area contributed by atoms with E-state index in [2.05, 4.69) is 109 Å². The van der Waals surface area contributed by atoms with E-state index in [0.717, 1.165) is 71.7 Å². The molecule has 260 valence electrons. The van der Waals surface area contributed by atoms with E-state index < -0.39 is 0 Å². The van der Waals surface area contributed by atoms with Crippen LogP contribution in [0.1, 0.15) is 0 Å². The molecule has 0 saturated heterocycles. The van der Waals surface area contributed by atoms with Gasteiger partial charge in [0.15, 0.2) is 17.5 Å². The Hall–Kier alpha value is -7.63. The molecule has 0 aliphatic rings. The SMILES string of the molecule is c1ccc(-c2nc(-c3ccc4c(c3)oc3ccccc34)nc(-c3cc(-c4ccc5c6ccccc6c6ccccc6c5c4)c4c(c3)oc3ccccc34)n2)cc1. The number of furan rings is 2. The summed E-state index contributed by atoms with van der Waals surface area (Å²) in [5, 5.41) is 11.7. The second-order valence-corrected chi connectivity index (χ2v) is 14.3. The van der Waals surface area contributed by atoms with Gasteiger partial charge in [-0.1, -0.05) is 133 Å². The van der Waals surface area contributed by atoms with Crippen LogP contribution in [0.5, 0.6) is 0 Å². The molecular formula is C51H29N3O2. The summed E-state index contributed by atoms with van der Waals surface area (Å²) in [7, 11) is 0. The lowest BCUT2D eigenvalue weighted by atomic mass is 9.90. The van der Waals surface area contributed by atoms with Crippen LogP contribution in [0.4, 0.5) is 0 Å². The van der Waals surface area contributed by atoms with Gasteiger partial charge in [0.2, 0.25) is 0 Å². The number of para-hydroxylation sites is 2. The highest BCUT2D eigenvalue weighted by atomic mass is 16.3. The van der Waals surface area contributed by atoms with Crippen molar-refractivity contribution in [2.75, 3.05) is 0 Å². The van der Waals surface area contributed by atoms with Crippen molar-refractivity contribution in [2.45, 2.75) is 0 Å². The molecule has 0 aliphatic carbocycles. The molecule has 0 bridgehead atoms. The van der Waals surface area contributed by atoms with Crippen LogP contribution in [0.3, 0.4) is 0 Å². The smallest absolute Gasteiger partial charge is 0.164 e. The van der Waals surface area contributed by atoms with Gasteiger partial charge in [0.25, 0.3) is 0 Å². The van der Waals surface area contributed by atoms with Crippen molar-refractivity contribution in [3.63, 3.8) is 0 Å². The predicted molar refractivity (Wildman–Crippen MR) is 229 cm³/mol. The fourth-order valence-corrected chi connectivity index (χ4v) is 8.50. The Bertz CT molecular complexity index is 3510. The van der Waals surface area contributed by atoms with Gasteiger partial charge < -0.3 is 8.83 Å². The van der Waals surface area contributed by atoms with Crippen LogP contribution < -0.4 is 0 Å². The van der Waals surface area contributed by atoms with Crippen molar-refractivity contribution in [3.05, 3.63) is 176 Å². The van der Waals surface area contributed by atoms with Crippen molar-refractivity contribution >= 4 is 76.2 Å². The zero-order valence-corrected chi connectivity index (χ0v) is 29.9. The Morgan fingerprint density at radius 1 is 0.268 bits per heavy atom. The van der Waals surface area contributed by atoms with E-state index in [0.29, 0.717) is 17.5 Å². The number of benzene rings is 9. The van der Waals surface area contributed by atoms with Crippen LogP contribution in [-0.2, 0) is 0 Å². The summed E-state index contributed by atoms with van der Waals surface area (Å²) in [5.41, 5.74) is 7.96. The van der Waals surface area contributed by atoms with E-state index in [4.69, 9.17) is 23.8 Å². The lowest BCUT2D eigenvalue weighted by Crippen LogP contribution is -2.00. The molecule has 0 fully saturated rings. The lowest BCUT2D eigenvalue weighted by Gasteiger charge is -2.13. The first-order valence-electron chi connectivity index (χ1n) is 18.8. The van der Waals surface area contributed by atoms with E-state index in [9.17, 15) is 0 Å². The van der Waals surface area contributed by atoms with E-state index in [1.165, 1.54) is 32.3 Å². The van der Waals surface area contributed by atoms with Crippen LogP contribution in [0.25, 0.3) is 121 Å². The number of hydrogen-bond donors (Lipinski definition) is 0. The van der Waals surface area contributed by atoms with Crippen LogP contribution in [-0.4, -0.2) is 15.0 Å². The molecule has 12 rings (SSSR count). The molecule has 56 heavy (non-hydrogen) atoms. The van der Waals surface area contributed by atoms with E-state index in [1.807, 2.05) is 66.7 Å². The fourth-order valence-electron chi connectivity index (χ4n) is 8.50. The van der Waals surface area contributed by atoms with Crippen LogP contribution in [0.15, 0.2) is 185 Å². The third-order valence-corrected chi connectivity index (χ3v) is 11.1. The summed E-state index contributed by atoms with van der Waals surface area (Å²) in [4.78, 5) is 15.3. The number of hydrogen-bond acceptors (Lipinski definition) is 5. The van der Waals surface area contributed by atoms with Gasteiger partial charge in [0.05, 0.1) is 0 Å². The van der Waals surface area contributed by atoms with Gasteiger partial charge in [0.1, 0.15) is 22.3 Å². The Balaban J connectivity index is 1.11. The molecule has 5 nitrogen and oxygen atoms in total. The summed E-state index contributed by atoms with van der Waals surface area (Å²) in [6, 6.07) is 61.1. The first-order valence-corrected chi connectivity index (χ1v) is 18.8. The summed E-state index contributed by atoms with van der Waals surface area (Å²) < 4.78 is 12.9. The van der Waals surface area contributed by atoms with Gasteiger partial charge in [-0.05, 0) is 85.9 Å². The monoisotopic (exact) mass is 715 g/mol. The Labute approximate surface area is 320 Å². The number of fused-ring (bicyclic) bond motifs is 12. The maximum atomic E-state index is 6.62. The Morgan fingerprint density at radius 2 is 0.732 bits per heavy atom. The van der Waals surface area contributed by atoms with Gasteiger partial charge in [-0.15, -0.1) is 0 Å². The third kappa shape index (κ3) is 4.71. The molecule has 0 N–H and O–H groups in total. The fraction of sp³-hybridized carbons (Fsp3) is 0. The molecule has 9 aromatic carbocycles. The second-order valence-electron chi connectivity index (χ2n) is 14.3. The molecule has 0 amide bonds.